The molecule has 2 fully saturated rings. The van der Waals surface area contributed by atoms with Crippen molar-refractivity contribution in [1.82, 2.24) is 15.3 Å². The number of rotatable bonds is 3. The van der Waals surface area contributed by atoms with E-state index in [-0.39, 0.29) is 17.6 Å². The quantitative estimate of drug-likeness (QED) is 0.933. The fraction of sp³-hybridized carbons (Fsp3) is 0.450. The Morgan fingerprint density at radius 3 is 2.76 bits per heavy atom. The summed E-state index contributed by atoms with van der Waals surface area (Å²) in [5, 5.41) is 3.16. The Morgan fingerprint density at radius 2 is 1.96 bits per heavy atom. The Kier molecular flexibility index (Phi) is 4.49. The van der Waals surface area contributed by atoms with E-state index in [4.69, 9.17) is 4.74 Å². The molecule has 2 heterocycles. The van der Waals surface area contributed by atoms with Gasteiger partial charge in [-0.1, -0.05) is 43.2 Å². The molecule has 0 radical (unpaired) electrons. The molecule has 1 saturated carbocycles. The normalized spacial score (nSPS) is 22.0. The highest BCUT2D eigenvalue weighted by atomic mass is 16.5. The van der Waals surface area contributed by atoms with Crippen molar-refractivity contribution < 1.29 is 9.53 Å². The van der Waals surface area contributed by atoms with Gasteiger partial charge in [0.05, 0.1) is 5.60 Å². The summed E-state index contributed by atoms with van der Waals surface area (Å²) in [7, 11) is 0. The number of nitrogens with one attached hydrogen (secondary N) is 1. The van der Waals surface area contributed by atoms with Crippen molar-refractivity contribution in [2.24, 2.45) is 0 Å². The van der Waals surface area contributed by atoms with Crippen molar-refractivity contribution in [3.63, 3.8) is 0 Å². The number of nitrogens with zero attached hydrogens (tertiary/aromatic N) is 2. The number of carbonyl (C=O) groups is 1. The Morgan fingerprint density at radius 1 is 1.16 bits per heavy atom. The van der Waals surface area contributed by atoms with Crippen LogP contribution in [-0.2, 0) is 4.74 Å². The van der Waals surface area contributed by atoms with Gasteiger partial charge in [0.2, 0.25) is 0 Å². The van der Waals surface area contributed by atoms with E-state index in [0.717, 1.165) is 37.9 Å². The molecule has 1 aromatic carbocycles. The maximum atomic E-state index is 12.7. The predicted molar refractivity (Wildman–Crippen MR) is 95.1 cm³/mol. The highest BCUT2D eigenvalue weighted by molar-refractivity contribution is 5.92. The lowest BCUT2D eigenvalue weighted by Gasteiger charge is -2.38. The Bertz CT molecular complexity index is 742. The number of amides is 1. The molecule has 4 rings (SSSR count). The first-order valence-corrected chi connectivity index (χ1v) is 9.07. The molecule has 1 amide bonds. The van der Waals surface area contributed by atoms with Gasteiger partial charge < -0.3 is 10.1 Å². The predicted octanol–water partition coefficient (Wildman–Crippen LogP) is 3.37. The Labute approximate surface area is 147 Å². The van der Waals surface area contributed by atoms with Crippen molar-refractivity contribution in [2.45, 2.75) is 50.2 Å². The van der Waals surface area contributed by atoms with Gasteiger partial charge in [-0.15, -0.1) is 0 Å². The number of ether oxygens (including phenoxy) is 1. The summed E-state index contributed by atoms with van der Waals surface area (Å²) in [5.41, 5.74) is 1.32. The van der Waals surface area contributed by atoms with Gasteiger partial charge in [-0.3, -0.25) is 4.79 Å². The largest absolute Gasteiger partial charge is 0.375 e. The van der Waals surface area contributed by atoms with Gasteiger partial charge in [-0.25, -0.2) is 9.97 Å². The summed E-state index contributed by atoms with van der Waals surface area (Å²) in [6.07, 6.45) is 8.11. The first kappa shape index (κ1) is 16.2. The second-order valence-corrected chi connectivity index (χ2v) is 7.03. The fourth-order valence-electron chi connectivity index (χ4n) is 3.99. The third-order valence-electron chi connectivity index (χ3n) is 5.26. The molecule has 1 aromatic heterocycles. The maximum Gasteiger partial charge on any atom is 0.270 e. The zero-order valence-corrected chi connectivity index (χ0v) is 14.3. The van der Waals surface area contributed by atoms with Crippen LogP contribution in [-0.4, -0.2) is 34.1 Å². The topological polar surface area (TPSA) is 64.1 Å². The lowest BCUT2D eigenvalue weighted by Crippen LogP contribution is -2.47. The van der Waals surface area contributed by atoms with Gasteiger partial charge in [-0.05, 0) is 31.7 Å². The van der Waals surface area contributed by atoms with E-state index in [1.54, 1.807) is 12.3 Å². The van der Waals surface area contributed by atoms with Crippen molar-refractivity contribution in [1.29, 1.82) is 0 Å². The average Bonchev–Trinajstić information content (AvgIpc) is 3.10. The molecular formula is C20H23N3O2. The number of benzene rings is 1. The van der Waals surface area contributed by atoms with Crippen molar-refractivity contribution in [3.8, 4) is 11.4 Å². The molecule has 2 aromatic rings. The second-order valence-electron chi connectivity index (χ2n) is 7.03. The van der Waals surface area contributed by atoms with E-state index >= 15 is 0 Å². The molecule has 25 heavy (non-hydrogen) atoms. The molecule has 130 valence electrons. The van der Waals surface area contributed by atoms with Crippen LogP contribution >= 0.6 is 0 Å². The SMILES string of the molecule is O=C(NC1CCOC2(CCCC2)C1)c1ccnc(-c2ccccc2)n1. The third-order valence-corrected chi connectivity index (χ3v) is 5.26. The summed E-state index contributed by atoms with van der Waals surface area (Å²) in [5.74, 6) is 0.451. The van der Waals surface area contributed by atoms with E-state index in [1.807, 2.05) is 30.3 Å². The summed E-state index contributed by atoms with van der Waals surface area (Å²) >= 11 is 0. The van der Waals surface area contributed by atoms with E-state index in [2.05, 4.69) is 15.3 Å². The van der Waals surface area contributed by atoms with Crippen LogP contribution in [0.2, 0.25) is 0 Å². The Hall–Kier alpha value is -2.27. The molecule has 1 spiro atoms. The highest BCUT2D eigenvalue weighted by Gasteiger charge is 2.40. The standard InChI is InChI=1S/C20H23N3O2/c24-19(22-16-9-13-25-20(14-16)10-4-5-11-20)17-8-12-21-18(23-17)15-6-2-1-3-7-15/h1-3,6-8,12,16H,4-5,9-11,13-14H2,(H,22,24). The monoisotopic (exact) mass is 337 g/mol. The maximum absolute atomic E-state index is 12.7. The Balaban J connectivity index is 1.46. The molecule has 0 bridgehead atoms. The first-order chi connectivity index (χ1) is 12.2. The fourth-order valence-corrected chi connectivity index (χ4v) is 3.99. The average molecular weight is 337 g/mol. The van der Waals surface area contributed by atoms with E-state index < -0.39 is 0 Å². The molecule has 1 aliphatic heterocycles. The number of hydrogen-bond donors (Lipinski definition) is 1. The van der Waals surface area contributed by atoms with Crippen molar-refractivity contribution >= 4 is 5.91 Å². The summed E-state index contributed by atoms with van der Waals surface area (Å²) < 4.78 is 6.04. The van der Waals surface area contributed by atoms with Crippen molar-refractivity contribution in [3.05, 3.63) is 48.3 Å². The molecule has 2 aliphatic rings. The van der Waals surface area contributed by atoms with Crippen LogP contribution in [0.4, 0.5) is 0 Å². The lowest BCUT2D eigenvalue weighted by atomic mass is 9.89. The van der Waals surface area contributed by atoms with Gasteiger partial charge in [0, 0.05) is 24.4 Å². The minimum Gasteiger partial charge on any atom is -0.375 e. The molecule has 5 nitrogen and oxygen atoms in total. The summed E-state index contributed by atoms with van der Waals surface area (Å²) in [4.78, 5) is 21.4. The molecule has 1 atom stereocenters. The zero-order chi connectivity index (χ0) is 17.1. The summed E-state index contributed by atoms with van der Waals surface area (Å²) in [6, 6.07) is 11.5. The van der Waals surface area contributed by atoms with Crippen LogP contribution in [0.5, 0.6) is 0 Å². The third kappa shape index (κ3) is 3.56. The molecular weight excluding hydrogens is 314 g/mol. The lowest BCUT2D eigenvalue weighted by molar-refractivity contribution is -0.0823. The van der Waals surface area contributed by atoms with Crippen LogP contribution in [0.1, 0.15) is 49.0 Å². The smallest absolute Gasteiger partial charge is 0.270 e. The number of carbonyl (C=O) groups excluding carboxylic acids is 1. The van der Waals surface area contributed by atoms with E-state index in [1.165, 1.54) is 12.8 Å². The summed E-state index contributed by atoms with van der Waals surface area (Å²) in [6.45, 7) is 0.726. The van der Waals surface area contributed by atoms with Crippen LogP contribution in [0, 0.1) is 0 Å². The van der Waals surface area contributed by atoms with Gasteiger partial charge in [0.15, 0.2) is 5.82 Å². The van der Waals surface area contributed by atoms with Crippen LogP contribution < -0.4 is 5.32 Å². The second kappa shape index (κ2) is 6.92. The molecule has 5 heteroatoms. The first-order valence-electron chi connectivity index (χ1n) is 9.07. The molecule has 1 N–H and O–H groups in total. The van der Waals surface area contributed by atoms with Crippen molar-refractivity contribution in [2.75, 3.05) is 6.61 Å². The molecule has 1 saturated heterocycles. The zero-order valence-electron chi connectivity index (χ0n) is 14.3. The van der Waals surface area contributed by atoms with Crippen LogP contribution in [0.15, 0.2) is 42.6 Å². The van der Waals surface area contributed by atoms with Crippen LogP contribution in [0.3, 0.4) is 0 Å². The van der Waals surface area contributed by atoms with Gasteiger partial charge >= 0.3 is 0 Å². The number of hydrogen-bond acceptors (Lipinski definition) is 4. The number of aromatic nitrogens is 2. The van der Waals surface area contributed by atoms with E-state index in [0.29, 0.717) is 11.5 Å². The molecule has 1 unspecified atom stereocenters. The molecule has 1 aliphatic carbocycles. The minimum absolute atomic E-state index is 0.00291. The highest BCUT2D eigenvalue weighted by Crippen LogP contribution is 2.40. The van der Waals surface area contributed by atoms with Gasteiger partial charge in [0.1, 0.15) is 5.69 Å². The van der Waals surface area contributed by atoms with E-state index in [9.17, 15) is 4.79 Å². The minimum atomic E-state index is -0.125. The van der Waals surface area contributed by atoms with Crippen LogP contribution in [0.25, 0.3) is 11.4 Å². The van der Waals surface area contributed by atoms with Gasteiger partial charge in [-0.2, -0.15) is 0 Å². The van der Waals surface area contributed by atoms with Gasteiger partial charge in [0.25, 0.3) is 5.91 Å².